The molecular formula is C19H24IN. The van der Waals surface area contributed by atoms with Gasteiger partial charge in [-0.3, -0.25) is 0 Å². The Labute approximate surface area is 142 Å². The Morgan fingerprint density at radius 2 is 1.71 bits per heavy atom. The van der Waals surface area contributed by atoms with Gasteiger partial charge in [0.15, 0.2) is 0 Å². The monoisotopic (exact) mass is 393 g/mol. The lowest BCUT2D eigenvalue weighted by atomic mass is 9.98. The molecule has 2 rings (SSSR count). The maximum Gasteiger partial charge on any atom is 0.0148 e. The highest BCUT2D eigenvalue weighted by atomic mass is 127. The molecule has 1 nitrogen and oxygen atoms in total. The van der Waals surface area contributed by atoms with Crippen LogP contribution in [0, 0.1) is 10.5 Å². The fourth-order valence-electron chi connectivity index (χ4n) is 2.59. The van der Waals surface area contributed by atoms with Gasteiger partial charge in [0, 0.05) is 9.61 Å². The van der Waals surface area contributed by atoms with E-state index < -0.39 is 0 Å². The molecule has 0 aliphatic carbocycles. The number of hydrogen-bond acceptors (Lipinski definition) is 1. The Morgan fingerprint density at radius 3 is 2.38 bits per heavy atom. The average molecular weight is 393 g/mol. The van der Waals surface area contributed by atoms with Crippen LogP contribution in [0.4, 0.5) is 0 Å². The van der Waals surface area contributed by atoms with E-state index in [1.54, 1.807) is 0 Å². The van der Waals surface area contributed by atoms with E-state index in [2.05, 4.69) is 90.3 Å². The zero-order valence-electron chi connectivity index (χ0n) is 12.9. The molecule has 0 bridgehead atoms. The first kappa shape index (κ1) is 16.5. The molecule has 0 aliphatic rings. The van der Waals surface area contributed by atoms with Gasteiger partial charge in [-0.15, -0.1) is 0 Å². The third kappa shape index (κ3) is 5.79. The van der Waals surface area contributed by atoms with Crippen molar-refractivity contribution in [2.75, 3.05) is 6.54 Å². The van der Waals surface area contributed by atoms with Crippen LogP contribution in [0.1, 0.15) is 30.0 Å². The lowest BCUT2D eigenvalue weighted by Gasteiger charge is -2.19. The number of halogens is 1. The number of benzene rings is 2. The predicted octanol–water partition coefficient (Wildman–Crippen LogP) is 4.75. The zero-order valence-corrected chi connectivity index (χ0v) is 15.1. The van der Waals surface area contributed by atoms with E-state index in [0.29, 0.717) is 6.04 Å². The first-order valence-corrected chi connectivity index (χ1v) is 8.78. The molecule has 2 aromatic carbocycles. The van der Waals surface area contributed by atoms with Crippen LogP contribution in [0.3, 0.4) is 0 Å². The van der Waals surface area contributed by atoms with Gasteiger partial charge in [0.25, 0.3) is 0 Å². The molecule has 0 heterocycles. The summed E-state index contributed by atoms with van der Waals surface area (Å²) in [6.07, 6.45) is 3.36. The van der Waals surface area contributed by atoms with E-state index in [1.807, 2.05) is 0 Å². The molecule has 0 spiro atoms. The van der Waals surface area contributed by atoms with Gasteiger partial charge < -0.3 is 5.32 Å². The third-order valence-corrected chi connectivity index (χ3v) is 4.36. The smallest absolute Gasteiger partial charge is 0.0148 e. The lowest BCUT2D eigenvalue weighted by molar-refractivity contribution is 0.504. The Bertz CT molecular complexity index is 548. The van der Waals surface area contributed by atoms with E-state index in [0.717, 1.165) is 19.4 Å². The van der Waals surface area contributed by atoms with Gasteiger partial charge in [-0.2, -0.15) is 0 Å². The molecule has 112 valence electrons. The molecule has 21 heavy (non-hydrogen) atoms. The topological polar surface area (TPSA) is 12.0 Å². The van der Waals surface area contributed by atoms with Crippen LogP contribution in [0.15, 0.2) is 48.5 Å². The first-order chi connectivity index (χ1) is 10.2. The summed E-state index contributed by atoms with van der Waals surface area (Å²) in [5, 5.41) is 3.70. The number of nitrogens with one attached hydrogen (secondary N) is 1. The minimum absolute atomic E-state index is 0.506. The second-order valence-corrected chi connectivity index (χ2v) is 6.92. The Morgan fingerprint density at radius 1 is 1.00 bits per heavy atom. The molecule has 0 fully saturated rings. The summed E-state index contributed by atoms with van der Waals surface area (Å²) in [7, 11) is 0. The minimum Gasteiger partial charge on any atom is -0.313 e. The molecule has 2 heteroatoms. The zero-order chi connectivity index (χ0) is 15.1. The summed E-state index contributed by atoms with van der Waals surface area (Å²) >= 11 is 2.36. The fraction of sp³-hybridized carbons (Fsp3) is 0.368. The van der Waals surface area contributed by atoms with E-state index >= 15 is 0 Å². The van der Waals surface area contributed by atoms with Crippen molar-refractivity contribution in [1.82, 2.24) is 5.32 Å². The highest BCUT2D eigenvalue weighted by Gasteiger charge is 2.10. The molecule has 1 N–H and O–H groups in total. The van der Waals surface area contributed by atoms with Gasteiger partial charge in [-0.1, -0.05) is 48.9 Å². The molecule has 0 saturated heterocycles. The van der Waals surface area contributed by atoms with Crippen molar-refractivity contribution in [2.45, 2.75) is 39.2 Å². The molecule has 1 atom stereocenters. The molecule has 0 radical (unpaired) electrons. The fourth-order valence-corrected chi connectivity index (χ4v) is 2.95. The van der Waals surface area contributed by atoms with Gasteiger partial charge in [0.05, 0.1) is 0 Å². The van der Waals surface area contributed by atoms with Crippen molar-refractivity contribution >= 4 is 22.6 Å². The summed E-state index contributed by atoms with van der Waals surface area (Å²) in [6.45, 7) is 5.47. The van der Waals surface area contributed by atoms with Crippen LogP contribution >= 0.6 is 22.6 Å². The van der Waals surface area contributed by atoms with E-state index in [-0.39, 0.29) is 0 Å². The van der Waals surface area contributed by atoms with Crippen LogP contribution in [0.2, 0.25) is 0 Å². The van der Waals surface area contributed by atoms with Crippen molar-refractivity contribution < 1.29 is 0 Å². The highest BCUT2D eigenvalue weighted by Crippen LogP contribution is 2.13. The average Bonchev–Trinajstić information content (AvgIpc) is 2.47. The van der Waals surface area contributed by atoms with Crippen LogP contribution in [0.25, 0.3) is 0 Å². The second-order valence-electron chi connectivity index (χ2n) is 5.67. The van der Waals surface area contributed by atoms with E-state index in [4.69, 9.17) is 0 Å². The van der Waals surface area contributed by atoms with Crippen LogP contribution in [-0.2, 0) is 12.8 Å². The van der Waals surface area contributed by atoms with Gasteiger partial charge >= 0.3 is 0 Å². The van der Waals surface area contributed by atoms with Crippen LogP contribution in [0.5, 0.6) is 0 Å². The minimum atomic E-state index is 0.506. The highest BCUT2D eigenvalue weighted by molar-refractivity contribution is 14.1. The van der Waals surface area contributed by atoms with Gasteiger partial charge in [-0.25, -0.2) is 0 Å². The van der Waals surface area contributed by atoms with Gasteiger partial charge in [-0.05, 0) is 78.6 Å². The molecule has 0 saturated carbocycles. The van der Waals surface area contributed by atoms with Gasteiger partial charge in [0.2, 0.25) is 0 Å². The van der Waals surface area contributed by atoms with Crippen molar-refractivity contribution in [3.63, 3.8) is 0 Å². The predicted molar refractivity (Wildman–Crippen MR) is 99.8 cm³/mol. The van der Waals surface area contributed by atoms with Crippen molar-refractivity contribution in [3.05, 3.63) is 68.8 Å². The van der Waals surface area contributed by atoms with Crippen LogP contribution in [-0.4, -0.2) is 12.6 Å². The molecule has 1 unspecified atom stereocenters. The normalized spacial score (nSPS) is 12.3. The Balaban J connectivity index is 2.04. The first-order valence-electron chi connectivity index (χ1n) is 7.70. The van der Waals surface area contributed by atoms with E-state index in [1.165, 1.54) is 26.7 Å². The second kappa shape index (κ2) is 8.54. The quantitative estimate of drug-likeness (QED) is 0.670. The van der Waals surface area contributed by atoms with Crippen molar-refractivity contribution in [3.8, 4) is 0 Å². The lowest BCUT2D eigenvalue weighted by Crippen LogP contribution is -2.33. The molecule has 0 amide bonds. The Hall–Kier alpha value is -0.870. The summed E-state index contributed by atoms with van der Waals surface area (Å²) < 4.78 is 1.30. The summed E-state index contributed by atoms with van der Waals surface area (Å²) in [5.41, 5.74) is 4.18. The molecular weight excluding hydrogens is 369 g/mol. The summed E-state index contributed by atoms with van der Waals surface area (Å²) in [5.74, 6) is 0. The third-order valence-electron chi connectivity index (χ3n) is 3.64. The van der Waals surface area contributed by atoms with Crippen molar-refractivity contribution in [1.29, 1.82) is 0 Å². The molecule has 0 aromatic heterocycles. The summed E-state index contributed by atoms with van der Waals surface area (Å²) in [6, 6.07) is 18.3. The standard InChI is InChI=1S/C19H24IN/c1-3-11-21-19(13-16-7-9-18(20)10-8-16)14-17-6-4-5-15(2)12-17/h4-10,12,19,21H,3,11,13-14H2,1-2H3. The number of rotatable bonds is 7. The molecule has 2 aromatic rings. The number of aryl methyl sites for hydroxylation is 1. The summed E-state index contributed by atoms with van der Waals surface area (Å²) in [4.78, 5) is 0. The maximum absolute atomic E-state index is 3.70. The van der Waals surface area contributed by atoms with E-state index in [9.17, 15) is 0 Å². The van der Waals surface area contributed by atoms with Gasteiger partial charge in [0.1, 0.15) is 0 Å². The molecule has 0 aliphatic heterocycles. The SMILES string of the molecule is CCCNC(Cc1ccc(I)cc1)Cc1cccc(C)c1. The van der Waals surface area contributed by atoms with Crippen LogP contribution < -0.4 is 5.32 Å². The largest absolute Gasteiger partial charge is 0.313 e. The van der Waals surface area contributed by atoms with Crippen molar-refractivity contribution in [2.24, 2.45) is 0 Å². The number of hydrogen-bond donors (Lipinski definition) is 1. The maximum atomic E-state index is 3.70. The Kier molecular flexibility index (Phi) is 6.71.